The number of nitrogens with one attached hydrogen (secondary N) is 1. The van der Waals surface area contributed by atoms with Crippen molar-refractivity contribution in [3.8, 4) is 0 Å². The van der Waals surface area contributed by atoms with Gasteiger partial charge in [-0.15, -0.1) is 0 Å². The Morgan fingerprint density at radius 2 is 2.36 bits per heavy atom. The summed E-state index contributed by atoms with van der Waals surface area (Å²) in [6.07, 6.45) is 2.16. The molecule has 1 aliphatic heterocycles. The van der Waals surface area contributed by atoms with Crippen molar-refractivity contribution < 1.29 is 14.3 Å². The molecular formula is C16H19BrN2O3. The van der Waals surface area contributed by atoms with Crippen molar-refractivity contribution in [3.05, 3.63) is 34.4 Å². The van der Waals surface area contributed by atoms with E-state index >= 15 is 0 Å². The summed E-state index contributed by atoms with van der Waals surface area (Å²) in [4.78, 5) is 11.8. The molecule has 0 bridgehead atoms. The van der Waals surface area contributed by atoms with Crippen LogP contribution in [-0.2, 0) is 9.47 Å². The Kier molecular flexibility index (Phi) is 4.52. The Morgan fingerprint density at radius 1 is 1.55 bits per heavy atom. The molecule has 1 aliphatic rings. The zero-order valence-corrected chi connectivity index (χ0v) is 14.2. The maximum atomic E-state index is 11.8. The zero-order valence-electron chi connectivity index (χ0n) is 12.6. The molecular weight excluding hydrogens is 348 g/mol. The van der Waals surface area contributed by atoms with Gasteiger partial charge in [-0.3, -0.25) is 0 Å². The molecule has 0 amide bonds. The zero-order chi connectivity index (χ0) is 15.7. The topological polar surface area (TPSA) is 52.5 Å². The molecule has 2 unspecified atom stereocenters. The molecule has 5 nitrogen and oxygen atoms in total. The minimum atomic E-state index is -0.335. The van der Waals surface area contributed by atoms with E-state index in [9.17, 15) is 4.79 Å². The lowest BCUT2D eigenvalue weighted by Crippen LogP contribution is -2.42. The van der Waals surface area contributed by atoms with E-state index in [1.54, 1.807) is 6.07 Å². The van der Waals surface area contributed by atoms with Gasteiger partial charge in [-0.1, -0.05) is 15.9 Å². The number of fused-ring (bicyclic) bond motifs is 1. The lowest BCUT2D eigenvalue weighted by Gasteiger charge is -2.30. The van der Waals surface area contributed by atoms with Crippen molar-refractivity contribution in [1.82, 2.24) is 9.88 Å². The third-order valence-corrected chi connectivity index (χ3v) is 4.80. The predicted octanol–water partition coefficient (Wildman–Crippen LogP) is 2.74. The monoisotopic (exact) mass is 366 g/mol. The number of rotatable bonds is 3. The van der Waals surface area contributed by atoms with Crippen LogP contribution in [0.15, 0.2) is 28.9 Å². The Labute approximate surface area is 137 Å². The number of esters is 1. The Balaban J connectivity index is 2.02. The highest BCUT2D eigenvalue weighted by atomic mass is 79.9. The molecule has 2 atom stereocenters. The highest BCUT2D eigenvalue weighted by molar-refractivity contribution is 9.10. The van der Waals surface area contributed by atoms with E-state index in [2.05, 4.69) is 32.7 Å². The molecule has 1 aromatic carbocycles. The second-order valence-corrected chi connectivity index (χ2v) is 6.31. The molecule has 22 heavy (non-hydrogen) atoms. The summed E-state index contributed by atoms with van der Waals surface area (Å²) in [5.74, 6) is -0.335. The maximum absolute atomic E-state index is 11.8. The van der Waals surface area contributed by atoms with Gasteiger partial charge in [0.2, 0.25) is 0 Å². The van der Waals surface area contributed by atoms with Crippen LogP contribution in [0.2, 0.25) is 0 Å². The van der Waals surface area contributed by atoms with E-state index in [-0.39, 0.29) is 18.1 Å². The van der Waals surface area contributed by atoms with Crippen molar-refractivity contribution in [2.45, 2.75) is 19.1 Å². The second kappa shape index (κ2) is 6.40. The minimum Gasteiger partial charge on any atom is -0.465 e. The van der Waals surface area contributed by atoms with Gasteiger partial charge in [0.05, 0.1) is 36.9 Å². The number of carbonyl (C=O) groups is 1. The molecule has 1 saturated heterocycles. The Morgan fingerprint density at radius 3 is 3.05 bits per heavy atom. The largest absolute Gasteiger partial charge is 0.465 e. The number of hydrogen-bond acceptors (Lipinski definition) is 4. The van der Waals surface area contributed by atoms with Crippen molar-refractivity contribution >= 4 is 32.8 Å². The number of ether oxygens (including phenoxy) is 2. The molecule has 1 N–H and O–H groups in total. The van der Waals surface area contributed by atoms with Crippen LogP contribution in [0.25, 0.3) is 10.9 Å². The average molecular weight is 367 g/mol. The van der Waals surface area contributed by atoms with Crippen LogP contribution in [0.5, 0.6) is 0 Å². The van der Waals surface area contributed by atoms with E-state index in [0.29, 0.717) is 5.56 Å². The summed E-state index contributed by atoms with van der Waals surface area (Å²) < 4.78 is 13.7. The standard InChI is InChI=1S/C16H19BrN2O3/c1-10(15-9-18-4-6-22-15)19-5-3-12-13(17)7-11(8-14(12)19)16(20)21-2/h3,5,7-8,10,15,18H,4,6,9H2,1-2H3. The fourth-order valence-corrected chi connectivity index (χ4v) is 3.46. The summed E-state index contributed by atoms with van der Waals surface area (Å²) in [6.45, 7) is 4.59. The molecule has 1 aromatic heterocycles. The van der Waals surface area contributed by atoms with Crippen LogP contribution in [0.1, 0.15) is 23.3 Å². The van der Waals surface area contributed by atoms with E-state index < -0.39 is 0 Å². The van der Waals surface area contributed by atoms with E-state index in [0.717, 1.165) is 35.1 Å². The lowest BCUT2D eigenvalue weighted by atomic mass is 10.1. The molecule has 0 spiro atoms. The van der Waals surface area contributed by atoms with E-state index in [1.807, 2.05) is 18.3 Å². The molecule has 1 fully saturated rings. The number of halogens is 1. The lowest BCUT2D eigenvalue weighted by molar-refractivity contribution is 0.000593. The number of morpholine rings is 1. The quantitative estimate of drug-likeness (QED) is 0.848. The smallest absolute Gasteiger partial charge is 0.337 e. The van der Waals surface area contributed by atoms with Crippen LogP contribution in [0.4, 0.5) is 0 Å². The first-order chi connectivity index (χ1) is 10.6. The van der Waals surface area contributed by atoms with Gasteiger partial charge in [-0.2, -0.15) is 0 Å². The van der Waals surface area contributed by atoms with E-state index in [1.165, 1.54) is 7.11 Å². The van der Waals surface area contributed by atoms with Crippen molar-refractivity contribution in [1.29, 1.82) is 0 Å². The maximum Gasteiger partial charge on any atom is 0.337 e. The number of nitrogens with zero attached hydrogens (tertiary/aromatic N) is 1. The first kappa shape index (κ1) is 15.5. The number of carbonyl (C=O) groups excluding carboxylic acids is 1. The summed E-state index contributed by atoms with van der Waals surface area (Å²) in [5.41, 5.74) is 1.54. The number of benzene rings is 1. The fraction of sp³-hybridized carbons (Fsp3) is 0.438. The van der Waals surface area contributed by atoms with E-state index in [4.69, 9.17) is 9.47 Å². The first-order valence-corrected chi connectivity index (χ1v) is 8.12. The van der Waals surface area contributed by atoms with Gasteiger partial charge in [-0.25, -0.2) is 4.79 Å². The third-order valence-electron chi connectivity index (χ3n) is 4.14. The van der Waals surface area contributed by atoms with Crippen LogP contribution < -0.4 is 5.32 Å². The van der Waals surface area contributed by atoms with Crippen LogP contribution in [-0.4, -0.2) is 43.4 Å². The van der Waals surface area contributed by atoms with Crippen LogP contribution in [0.3, 0.4) is 0 Å². The number of hydrogen-bond donors (Lipinski definition) is 1. The Bertz CT molecular complexity index is 692. The molecule has 2 heterocycles. The van der Waals surface area contributed by atoms with Gasteiger partial charge in [0, 0.05) is 29.1 Å². The average Bonchev–Trinajstić information content (AvgIpc) is 2.98. The Hall–Kier alpha value is -1.37. The molecule has 6 heteroatoms. The molecule has 0 saturated carbocycles. The molecule has 3 rings (SSSR count). The summed E-state index contributed by atoms with van der Waals surface area (Å²) in [5, 5.41) is 4.43. The second-order valence-electron chi connectivity index (χ2n) is 5.46. The highest BCUT2D eigenvalue weighted by Gasteiger charge is 2.23. The molecule has 0 radical (unpaired) electrons. The van der Waals surface area contributed by atoms with Gasteiger partial charge in [0.25, 0.3) is 0 Å². The van der Waals surface area contributed by atoms with Crippen molar-refractivity contribution in [3.63, 3.8) is 0 Å². The predicted molar refractivity (Wildman–Crippen MR) is 88.3 cm³/mol. The van der Waals surface area contributed by atoms with Crippen molar-refractivity contribution in [2.24, 2.45) is 0 Å². The van der Waals surface area contributed by atoms with Gasteiger partial charge < -0.3 is 19.4 Å². The third kappa shape index (κ3) is 2.78. The van der Waals surface area contributed by atoms with Crippen LogP contribution in [0, 0.1) is 0 Å². The van der Waals surface area contributed by atoms with Gasteiger partial charge in [0.1, 0.15) is 0 Å². The van der Waals surface area contributed by atoms with Gasteiger partial charge in [0.15, 0.2) is 0 Å². The minimum absolute atomic E-state index is 0.116. The highest BCUT2D eigenvalue weighted by Crippen LogP contribution is 2.30. The summed E-state index contributed by atoms with van der Waals surface area (Å²) >= 11 is 3.54. The summed E-state index contributed by atoms with van der Waals surface area (Å²) in [6, 6.07) is 5.89. The SMILES string of the molecule is COC(=O)c1cc(Br)c2ccn(C(C)C3CNCCO3)c2c1. The first-order valence-electron chi connectivity index (χ1n) is 7.32. The summed E-state index contributed by atoms with van der Waals surface area (Å²) in [7, 11) is 1.39. The van der Waals surface area contributed by atoms with Gasteiger partial charge >= 0.3 is 5.97 Å². The number of methoxy groups -OCH3 is 1. The van der Waals surface area contributed by atoms with Crippen LogP contribution >= 0.6 is 15.9 Å². The fourth-order valence-electron chi connectivity index (χ4n) is 2.88. The molecule has 118 valence electrons. The molecule has 0 aliphatic carbocycles. The normalized spacial score (nSPS) is 20.0. The van der Waals surface area contributed by atoms with Crippen molar-refractivity contribution in [2.75, 3.05) is 26.8 Å². The van der Waals surface area contributed by atoms with Gasteiger partial charge in [-0.05, 0) is 25.1 Å². The molecule has 2 aromatic rings. The number of aromatic nitrogens is 1.